The van der Waals surface area contributed by atoms with Crippen LogP contribution in [0.25, 0.3) is 0 Å². The first-order chi connectivity index (χ1) is 9.92. The van der Waals surface area contributed by atoms with Crippen molar-refractivity contribution in [1.82, 2.24) is 0 Å². The lowest BCUT2D eigenvalue weighted by molar-refractivity contribution is 0.415. The van der Waals surface area contributed by atoms with Crippen molar-refractivity contribution in [2.24, 2.45) is 0 Å². The predicted molar refractivity (Wildman–Crippen MR) is 84.7 cm³/mol. The van der Waals surface area contributed by atoms with Gasteiger partial charge in [0.05, 0.1) is 12.1 Å². The molecule has 2 aromatic rings. The highest BCUT2D eigenvalue weighted by Crippen LogP contribution is 2.38. The van der Waals surface area contributed by atoms with Gasteiger partial charge >= 0.3 is 0 Å². The molecular formula is C15H11BrCl2F2O. The van der Waals surface area contributed by atoms with Gasteiger partial charge in [0.2, 0.25) is 0 Å². The van der Waals surface area contributed by atoms with Gasteiger partial charge in [-0.3, -0.25) is 0 Å². The molecule has 0 amide bonds. The molecule has 0 heterocycles. The van der Waals surface area contributed by atoms with E-state index in [1.54, 1.807) is 12.1 Å². The van der Waals surface area contributed by atoms with Gasteiger partial charge in [0, 0.05) is 22.0 Å². The van der Waals surface area contributed by atoms with E-state index in [9.17, 15) is 8.78 Å². The number of halogens is 5. The summed E-state index contributed by atoms with van der Waals surface area (Å²) < 4.78 is 31.7. The summed E-state index contributed by atoms with van der Waals surface area (Å²) in [6.45, 7) is 0. The van der Waals surface area contributed by atoms with Gasteiger partial charge in [-0.1, -0.05) is 45.2 Å². The lowest BCUT2D eigenvalue weighted by Gasteiger charge is -2.15. The van der Waals surface area contributed by atoms with E-state index in [1.807, 2.05) is 0 Å². The molecule has 1 unspecified atom stereocenters. The zero-order valence-corrected chi connectivity index (χ0v) is 14.1. The molecule has 2 rings (SSSR count). The van der Waals surface area contributed by atoms with E-state index in [4.69, 9.17) is 27.9 Å². The minimum absolute atomic E-state index is 0.256. The highest BCUT2D eigenvalue weighted by Gasteiger charge is 2.17. The van der Waals surface area contributed by atoms with Crippen molar-refractivity contribution >= 4 is 39.1 Å². The second-order valence-corrected chi connectivity index (χ2v) is 6.34. The second-order valence-electron chi connectivity index (χ2n) is 4.42. The van der Waals surface area contributed by atoms with Crippen molar-refractivity contribution in [2.75, 3.05) is 7.11 Å². The smallest absolute Gasteiger partial charge is 0.138 e. The Bertz CT molecular complexity index is 664. The molecule has 6 heteroatoms. The van der Waals surface area contributed by atoms with E-state index in [1.165, 1.54) is 19.2 Å². The minimum atomic E-state index is -0.604. The molecule has 0 aromatic heterocycles. The van der Waals surface area contributed by atoms with Crippen LogP contribution in [0.4, 0.5) is 8.78 Å². The monoisotopic (exact) mass is 394 g/mol. The molecule has 0 saturated heterocycles. The van der Waals surface area contributed by atoms with Gasteiger partial charge < -0.3 is 4.74 Å². The predicted octanol–water partition coefficient (Wildman–Crippen LogP) is 5.96. The number of methoxy groups -OCH3 is 1. The Kier molecular flexibility index (Phi) is 5.47. The fourth-order valence-corrected chi connectivity index (χ4v) is 3.32. The third kappa shape index (κ3) is 3.87. The molecule has 0 bridgehead atoms. The number of ether oxygens (including phenoxy) is 1. The Hall–Kier alpha value is -0.840. The van der Waals surface area contributed by atoms with Gasteiger partial charge in [-0.15, -0.1) is 0 Å². The maximum absolute atomic E-state index is 13.7. The highest BCUT2D eigenvalue weighted by atomic mass is 79.9. The Morgan fingerprint density at radius 2 is 1.86 bits per heavy atom. The summed E-state index contributed by atoms with van der Waals surface area (Å²) in [6.07, 6.45) is 0.314. The number of hydrogen-bond donors (Lipinski definition) is 0. The van der Waals surface area contributed by atoms with Crippen LogP contribution in [0.3, 0.4) is 0 Å². The maximum Gasteiger partial charge on any atom is 0.138 e. The molecule has 0 radical (unpaired) electrons. The molecular weight excluding hydrogens is 385 g/mol. The summed E-state index contributed by atoms with van der Waals surface area (Å²) in [5, 5.41) is 0.876. The molecule has 112 valence electrons. The summed E-state index contributed by atoms with van der Waals surface area (Å²) >= 11 is 15.7. The molecule has 0 saturated carbocycles. The van der Waals surface area contributed by atoms with Crippen LogP contribution < -0.4 is 4.74 Å². The minimum Gasteiger partial charge on any atom is -0.495 e. The topological polar surface area (TPSA) is 9.23 Å². The van der Waals surface area contributed by atoms with Crippen LogP contribution in [-0.4, -0.2) is 7.11 Å². The normalized spacial score (nSPS) is 12.3. The summed E-state index contributed by atoms with van der Waals surface area (Å²) in [5.41, 5.74) is 1.10. The van der Waals surface area contributed by atoms with Gasteiger partial charge in [0.15, 0.2) is 0 Å². The van der Waals surface area contributed by atoms with Gasteiger partial charge in [-0.25, -0.2) is 8.78 Å². The van der Waals surface area contributed by atoms with Crippen molar-refractivity contribution in [3.63, 3.8) is 0 Å². The second kappa shape index (κ2) is 6.95. The number of hydrogen-bond acceptors (Lipinski definition) is 1. The van der Waals surface area contributed by atoms with Gasteiger partial charge in [-0.2, -0.15) is 0 Å². The molecule has 2 aromatic carbocycles. The van der Waals surface area contributed by atoms with Crippen molar-refractivity contribution < 1.29 is 13.5 Å². The van der Waals surface area contributed by atoms with E-state index < -0.39 is 11.6 Å². The average molecular weight is 396 g/mol. The Balaban J connectivity index is 2.28. The zero-order chi connectivity index (χ0) is 15.6. The summed E-state index contributed by atoms with van der Waals surface area (Å²) in [7, 11) is 1.50. The van der Waals surface area contributed by atoms with Gasteiger partial charge in [-0.05, 0) is 29.7 Å². The molecule has 1 atom stereocenters. The summed E-state index contributed by atoms with van der Waals surface area (Å²) in [6, 6.07) is 6.77. The van der Waals surface area contributed by atoms with Crippen LogP contribution in [0.15, 0.2) is 30.3 Å². The van der Waals surface area contributed by atoms with E-state index >= 15 is 0 Å². The third-order valence-corrected chi connectivity index (χ3v) is 4.46. The number of rotatable bonds is 4. The van der Waals surface area contributed by atoms with Gasteiger partial charge in [0.1, 0.15) is 17.4 Å². The number of benzene rings is 2. The van der Waals surface area contributed by atoms with Crippen LogP contribution in [0.2, 0.25) is 10.0 Å². The average Bonchev–Trinajstić information content (AvgIpc) is 2.43. The molecule has 1 nitrogen and oxygen atoms in total. The van der Waals surface area contributed by atoms with E-state index in [2.05, 4.69) is 15.9 Å². The molecule has 0 aliphatic carbocycles. The van der Waals surface area contributed by atoms with Crippen LogP contribution in [0.1, 0.15) is 16.0 Å². The molecule has 0 fully saturated rings. The van der Waals surface area contributed by atoms with Crippen molar-refractivity contribution in [2.45, 2.75) is 11.2 Å². The molecule has 0 aliphatic rings. The van der Waals surface area contributed by atoms with E-state index in [0.717, 1.165) is 6.07 Å². The van der Waals surface area contributed by atoms with Crippen LogP contribution in [0, 0.1) is 11.6 Å². The van der Waals surface area contributed by atoms with Crippen LogP contribution in [0.5, 0.6) is 5.75 Å². The summed E-state index contributed by atoms with van der Waals surface area (Å²) in [4.78, 5) is -0.256. The van der Waals surface area contributed by atoms with Gasteiger partial charge in [0.25, 0.3) is 0 Å². The Morgan fingerprint density at radius 1 is 1.14 bits per heavy atom. The first kappa shape index (κ1) is 16.5. The maximum atomic E-state index is 13.7. The van der Waals surface area contributed by atoms with Crippen molar-refractivity contribution in [3.05, 3.63) is 63.1 Å². The Morgan fingerprint density at radius 3 is 2.48 bits per heavy atom. The van der Waals surface area contributed by atoms with Crippen LogP contribution >= 0.6 is 39.1 Å². The lowest BCUT2D eigenvalue weighted by Crippen LogP contribution is -2.00. The Labute approximate surface area is 140 Å². The highest BCUT2D eigenvalue weighted by molar-refractivity contribution is 9.09. The first-order valence-electron chi connectivity index (χ1n) is 6.03. The van der Waals surface area contributed by atoms with E-state index in [0.29, 0.717) is 33.3 Å². The molecule has 0 spiro atoms. The lowest BCUT2D eigenvalue weighted by atomic mass is 10.0. The van der Waals surface area contributed by atoms with Crippen molar-refractivity contribution in [3.8, 4) is 5.75 Å². The molecule has 21 heavy (non-hydrogen) atoms. The van der Waals surface area contributed by atoms with E-state index in [-0.39, 0.29) is 4.83 Å². The SMILES string of the molecule is COc1cc(Cl)c(C(Br)Cc2ccc(F)cc2F)cc1Cl. The first-order valence-corrected chi connectivity index (χ1v) is 7.70. The molecule has 0 aliphatic heterocycles. The largest absolute Gasteiger partial charge is 0.495 e. The fraction of sp³-hybridized carbons (Fsp3) is 0.200. The molecule has 0 N–H and O–H groups in total. The summed E-state index contributed by atoms with van der Waals surface area (Å²) in [5.74, 6) is -0.721. The standard InChI is InChI=1S/C15H11BrCl2F2O/c1-21-15-7-12(17)10(6-13(15)18)11(16)4-8-2-3-9(19)5-14(8)20/h2-3,5-7,11H,4H2,1H3. The number of alkyl halides is 1. The quantitative estimate of drug-likeness (QED) is 0.580. The van der Waals surface area contributed by atoms with Crippen LogP contribution in [-0.2, 0) is 6.42 Å². The third-order valence-electron chi connectivity index (χ3n) is 3.02. The van der Waals surface area contributed by atoms with Crippen molar-refractivity contribution in [1.29, 1.82) is 0 Å². The zero-order valence-electron chi connectivity index (χ0n) is 11.0. The fourth-order valence-electron chi connectivity index (χ4n) is 1.93.